The minimum Gasteiger partial charge on any atom is -0.476 e. The van der Waals surface area contributed by atoms with Gasteiger partial charge in [-0.05, 0) is 0 Å². The maximum absolute atomic E-state index is 13.2. The van der Waals surface area contributed by atoms with E-state index in [4.69, 9.17) is 5.11 Å². The Kier molecular flexibility index (Phi) is 6.96. The van der Waals surface area contributed by atoms with E-state index >= 15 is 0 Å². The van der Waals surface area contributed by atoms with Crippen LogP contribution in [0.15, 0.2) is 11.7 Å². The average Bonchev–Trinajstić information content (AvgIpc) is 2.57. The number of alkyl halides is 17. The first-order valence-corrected chi connectivity index (χ1v) is 6.52. The first-order valence-electron chi connectivity index (χ1n) is 6.52. The van der Waals surface area contributed by atoms with E-state index in [0.29, 0.717) is 0 Å². The van der Waals surface area contributed by atoms with Crippen LogP contribution in [-0.2, 0) is 4.79 Å². The maximum Gasteiger partial charge on any atom is 0.460 e. The predicted molar refractivity (Wildman–Crippen MR) is 57.6 cm³/mol. The van der Waals surface area contributed by atoms with Crippen molar-refractivity contribution < 1.29 is 93.3 Å². The molecule has 0 bridgehead atoms. The van der Waals surface area contributed by atoms with Crippen LogP contribution < -0.4 is 0 Å². The number of hydrogen-bond acceptors (Lipinski definition) is 1. The summed E-state index contributed by atoms with van der Waals surface area (Å²) in [7, 11) is 0. The largest absolute Gasteiger partial charge is 0.476 e. The Bertz CT molecular complexity index is 773. The molecule has 0 fully saturated rings. The molecular weight excluding hydrogens is 525 g/mol. The van der Waals surface area contributed by atoms with E-state index in [1.807, 2.05) is 0 Å². The summed E-state index contributed by atoms with van der Waals surface area (Å²) in [6.07, 6.45) is -7.93. The predicted octanol–water partition coefficient (Wildman–Crippen LogP) is 6.23. The number of rotatable bonds is 8. The van der Waals surface area contributed by atoms with Gasteiger partial charge in [0.2, 0.25) is 11.7 Å². The quantitative estimate of drug-likeness (QED) is 0.301. The van der Waals surface area contributed by atoms with Crippen molar-refractivity contribution in [1.82, 2.24) is 0 Å². The highest BCUT2D eigenvalue weighted by molar-refractivity contribution is 5.84. The second-order valence-electron chi connectivity index (χ2n) is 5.45. The van der Waals surface area contributed by atoms with Crippen LogP contribution in [0.2, 0.25) is 0 Å². The van der Waals surface area contributed by atoms with Gasteiger partial charge in [-0.3, -0.25) is 0 Å². The molecule has 0 aliphatic rings. The molecule has 0 aliphatic carbocycles. The SMILES string of the molecule is O=C(O)/C(F)=C(\F)C(F)(F)C(F)(F)C(F)(F)C(F)(F)C(F)(F)C(F)(F)C(F)(F)C(F)(F)F. The molecule has 0 aliphatic heterocycles. The van der Waals surface area contributed by atoms with Crippen LogP contribution >= 0.6 is 0 Å². The molecule has 0 rings (SSSR count). The first-order chi connectivity index (χ1) is 13.5. The fourth-order valence-corrected chi connectivity index (χ4v) is 1.53. The van der Waals surface area contributed by atoms with Crippen LogP contribution in [0.4, 0.5) is 83.4 Å². The van der Waals surface area contributed by atoms with Crippen molar-refractivity contribution in [1.29, 1.82) is 0 Å². The number of carbonyl (C=O) groups is 1. The molecule has 0 aromatic rings. The van der Waals surface area contributed by atoms with Crippen molar-refractivity contribution in [3.05, 3.63) is 11.7 Å². The van der Waals surface area contributed by atoms with Gasteiger partial charge in [0, 0.05) is 0 Å². The zero-order chi connectivity index (χ0) is 26.7. The van der Waals surface area contributed by atoms with Crippen molar-refractivity contribution in [3.8, 4) is 0 Å². The zero-order valence-corrected chi connectivity index (χ0v) is 13.5. The highest BCUT2D eigenvalue weighted by Crippen LogP contribution is 2.64. The standard InChI is InChI=1S/C11HF19O2/c12-1(3(31)32)2(13)4(14,15)5(16,17)6(18,19)7(20,21)8(22,23)9(24,25)10(26,27)11(28,29)30/h(H,31,32)/b2-1+. The fraction of sp³-hybridized carbons (Fsp3) is 0.727. The van der Waals surface area contributed by atoms with E-state index in [1.165, 1.54) is 0 Å². The zero-order valence-electron chi connectivity index (χ0n) is 13.5. The van der Waals surface area contributed by atoms with Gasteiger partial charge in [0.1, 0.15) is 0 Å². The van der Waals surface area contributed by atoms with Gasteiger partial charge in [0.25, 0.3) is 0 Å². The lowest BCUT2D eigenvalue weighted by Gasteiger charge is -2.42. The summed E-state index contributed by atoms with van der Waals surface area (Å²) in [5.41, 5.74) is 0. The van der Waals surface area contributed by atoms with Crippen LogP contribution in [-0.4, -0.2) is 58.7 Å². The third-order valence-electron chi connectivity index (χ3n) is 3.38. The first kappa shape index (κ1) is 29.9. The molecule has 32 heavy (non-hydrogen) atoms. The second kappa shape index (κ2) is 7.45. The summed E-state index contributed by atoms with van der Waals surface area (Å²) in [5, 5.41) is 7.75. The van der Waals surface area contributed by atoms with E-state index < -0.39 is 65.3 Å². The van der Waals surface area contributed by atoms with Gasteiger partial charge < -0.3 is 5.11 Å². The Balaban J connectivity index is 6.99. The fourth-order valence-electron chi connectivity index (χ4n) is 1.53. The van der Waals surface area contributed by atoms with Crippen molar-refractivity contribution in [2.45, 2.75) is 47.6 Å². The molecule has 0 aromatic heterocycles. The van der Waals surface area contributed by atoms with E-state index in [0.717, 1.165) is 0 Å². The molecule has 0 radical (unpaired) electrons. The van der Waals surface area contributed by atoms with Crippen molar-refractivity contribution >= 4 is 5.97 Å². The molecular formula is C11HF19O2. The normalized spacial score (nSPS) is 16.7. The Hall–Kier alpha value is -2.12. The van der Waals surface area contributed by atoms with Crippen molar-refractivity contribution in [2.75, 3.05) is 0 Å². The molecule has 0 unspecified atom stereocenters. The lowest BCUT2D eigenvalue weighted by Crippen LogP contribution is -2.74. The third kappa shape index (κ3) is 3.59. The van der Waals surface area contributed by atoms with Crippen molar-refractivity contribution in [2.24, 2.45) is 0 Å². The van der Waals surface area contributed by atoms with Gasteiger partial charge in [0.15, 0.2) is 0 Å². The second-order valence-corrected chi connectivity index (χ2v) is 5.45. The number of allylic oxidation sites excluding steroid dienone is 1. The summed E-state index contributed by atoms with van der Waals surface area (Å²) in [5.74, 6) is -72.9. The van der Waals surface area contributed by atoms with Gasteiger partial charge in [0.05, 0.1) is 0 Å². The lowest BCUT2D eigenvalue weighted by atomic mass is 9.88. The van der Waals surface area contributed by atoms with Crippen LogP contribution in [0, 0.1) is 0 Å². The van der Waals surface area contributed by atoms with E-state index in [2.05, 4.69) is 0 Å². The van der Waals surface area contributed by atoms with Gasteiger partial charge in [-0.1, -0.05) is 0 Å². The number of halogens is 19. The Morgan fingerprint density at radius 3 is 0.969 bits per heavy atom. The summed E-state index contributed by atoms with van der Waals surface area (Å²) in [4.78, 5) is 9.86. The molecule has 0 amide bonds. The molecule has 0 atom stereocenters. The topological polar surface area (TPSA) is 37.3 Å². The van der Waals surface area contributed by atoms with Crippen LogP contribution in [0.1, 0.15) is 0 Å². The molecule has 0 saturated heterocycles. The van der Waals surface area contributed by atoms with Gasteiger partial charge >= 0.3 is 53.6 Å². The monoisotopic (exact) mass is 526 g/mol. The molecule has 0 heterocycles. The van der Waals surface area contributed by atoms with Crippen LogP contribution in [0.3, 0.4) is 0 Å². The lowest BCUT2D eigenvalue weighted by molar-refractivity contribution is -0.460. The summed E-state index contributed by atoms with van der Waals surface area (Å²) >= 11 is 0. The number of carboxylic acid groups (broad SMARTS) is 1. The van der Waals surface area contributed by atoms with Crippen molar-refractivity contribution in [3.63, 3.8) is 0 Å². The molecule has 0 aromatic carbocycles. The van der Waals surface area contributed by atoms with E-state index in [1.54, 1.807) is 0 Å². The highest BCUT2D eigenvalue weighted by atomic mass is 19.4. The Labute approximate surface area is 160 Å². The number of aliphatic carboxylic acids is 1. The van der Waals surface area contributed by atoms with E-state index in [9.17, 15) is 88.2 Å². The molecule has 2 nitrogen and oxygen atoms in total. The summed E-state index contributed by atoms with van der Waals surface area (Å²) in [6, 6.07) is 0. The molecule has 0 saturated carbocycles. The minimum atomic E-state index is -8.98. The molecule has 1 N–H and O–H groups in total. The molecule has 190 valence electrons. The Morgan fingerprint density at radius 1 is 0.469 bits per heavy atom. The van der Waals surface area contributed by atoms with Gasteiger partial charge in [-0.25, -0.2) is 9.18 Å². The smallest absolute Gasteiger partial charge is 0.460 e. The van der Waals surface area contributed by atoms with Crippen LogP contribution in [0.25, 0.3) is 0 Å². The highest BCUT2D eigenvalue weighted by Gasteiger charge is 2.95. The van der Waals surface area contributed by atoms with Gasteiger partial charge in [-0.15, -0.1) is 0 Å². The number of carboxylic acids is 1. The summed E-state index contributed by atoms with van der Waals surface area (Å²) < 4.78 is 243. The molecule has 0 spiro atoms. The maximum atomic E-state index is 13.2. The van der Waals surface area contributed by atoms with Crippen LogP contribution in [0.5, 0.6) is 0 Å². The molecule has 21 heteroatoms. The summed E-state index contributed by atoms with van der Waals surface area (Å²) in [6.45, 7) is 0. The van der Waals surface area contributed by atoms with Gasteiger partial charge in [-0.2, -0.15) is 79.0 Å². The third-order valence-corrected chi connectivity index (χ3v) is 3.38. The van der Waals surface area contributed by atoms with E-state index in [-0.39, 0.29) is 0 Å². The minimum absolute atomic E-state index is 3.60. The average molecular weight is 526 g/mol. The Morgan fingerprint density at radius 2 is 0.719 bits per heavy atom. The number of hydrogen-bond donors (Lipinski definition) is 1.